The fourth-order valence-corrected chi connectivity index (χ4v) is 3.79. The van der Waals surface area contributed by atoms with E-state index in [1.165, 1.54) is 0 Å². The predicted octanol–water partition coefficient (Wildman–Crippen LogP) is 2.60. The first-order valence-corrected chi connectivity index (χ1v) is 9.97. The Morgan fingerprint density at radius 1 is 1.20 bits per heavy atom. The van der Waals surface area contributed by atoms with E-state index in [4.69, 9.17) is 11.6 Å². The van der Waals surface area contributed by atoms with E-state index in [0.29, 0.717) is 23.7 Å². The van der Waals surface area contributed by atoms with E-state index in [-0.39, 0.29) is 5.91 Å². The van der Waals surface area contributed by atoms with E-state index < -0.39 is 16.1 Å². The van der Waals surface area contributed by atoms with Crippen molar-refractivity contribution in [1.29, 1.82) is 0 Å². The molecule has 0 radical (unpaired) electrons. The molecule has 6 nitrogen and oxygen atoms in total. The van der Waals surface area contributed by atoms with E-state index in [0.717, 1.165) is 16.1 Å². The molecule has 0 aliphatic carbocycles. The lowest BCUT2D eigenvalue weighted by atomic mass is 10.2. The van der Waals surface area contributed by atoms with Gasteiger partial charge in [-0.05, 0) is 48.4 Å². The van der Waals surface area contributed by atoms with Crippen molar-refractivity contribution < 1.29 is 13.2 Å². The molecule has 2 aromatic rings. The molecular formula is C17H20ClN3O3S. The van der Waals surface area contributed by atoms with Crippen molar-refractivity contribution in [3.8, 4) is 0 Å². The number of carbonyl (C=O) groups excluding carboxylic acids is 1. The van der Waals surface area contributed by atoms with E-state index in [1.807, 2.05) is 0 Å². The zero-order valence-electron chi connectivity index (χ0n) is 14.0. The normalized spacial score (nSPS) is 12.4. The summed E-state index contributed by atoms with van der Waals surface area (Å²) < 4.78 is 25.7. The maximum absolute atomic E-state index is 12.6. The molecule has 1 unspecified atom stereocenters. The molecule has 134 valence electrons. The van der Waals surface area contributed by atoms with Crippen molar-refractivity contribution in [2.75, 3.05) is 10.6 Å². The molecule has 8 heteroatoms. The van der Waals surface area contributed by atoms with Gasteiger partial charge in [0.2, 0.25) is 15.9 Å². The summed E-state index contributed by atoms with van der Waals surface area (Å²) in [7, 11) is -3.65. The highest BCUT2D eigenvalue weighted by Crippen LogP contribution is 2.24. The average Bonchev–Trinajstić information content (AvgIpc) is 2.58. The minimum Gasteiger partial charge on any atom is -0.350 e. The van der Waals surface area contributed by atoms with Crippen molar-refractivity contribution in [3.63, 3.8) is 0 Å². The number of halogens is 1. The summed E-state index contributed by atoms with van der Waals surface area (Å²) in [4.78, 5) is 16.5. The minimum absolute atomic E-state index is 0.302. The van der Waals surface area contributed by atoms with Crippen LogP contribution in [-0.2, 0) is 21.4 Å². The van der Waals surface area contributed by atoms with Crippen molar-refractivity contribution >= 4 is 33.2 Å². The van der Waals surface area contributed by atoms with Gasteiger partial charge in [-0.15, -0.1) is 0 Å². The van der Waals surface area contributed by atoms with Crippen molar-refractivity contribution in [1.82, 2.24) is 10.3 Å². The summed E-state index contributed by atoms with van der Waals surface area (Å²) in [5.74, 6) is -0.361. The van der Waals surface area contributed by atoms with Gasteiger partial charge < -0.3 is 5.32 Å². The first-order valence-electron chi connectivity index (χ1n) is 7.74. The van der Waals surface area contributed by atoms with Crippen molar-refractivity contribution in [2.24, 2.45) is 0 Å². The largest absolute Gasteiger partial charge is 0.350 e. The number of pyridine rings is 1. The molecular weight excluding hydrogens is 362 g/mol. The maximum Gasteiger partial charge on any atom is 0.244 e. The van der Waals surface area contributed by atoms with Gasteiger partial charge in [0.1, 0.15) is 6.04 Å². The highest BCUT2D eigenvalue weighted by molar-refractivity contribution is 7.92. The smallest absolute Gasteiger partial charge is 0.244 e. The summed E-state index contributed by atoms with van der Waals surface area (Å²) >= 11 is 5.87. The van der Waals surface area contributed by atoms with Crippen LogP contribution in [0, 0.1) is 0 Å². The van der Waals surface area contributed by atoms with Crippen molar-refractivity contribution in [2.45, 2.75) is 25.9 Å². The standard InChI is InChI=1S/C17H20ClN3O3S/c1-3-16(17(22)20-12-13-8-10-19-11-9-13)21(25(2,23)24)15-6-4-14(18)5-7-15/h4-11,16H,3,12H2,1-2H3,(H,20,22). The Bertz CT molecular complexity index is 811. The molecule has 0 spiro atoms. The van der Waals surface area contributed by atoms with Gasteiger partial charge in [0.25, 0.3) is 0 Å². The first-order chi connectivity index (χ1) is 11.8. The Morgan fingerprint density at radius 2 is 1.80 bits per heavy atom. The molecule has 25 heavy (non-hydrogen) atoms. The zero-order chi connectivity index (χ0) is 18.4. The molecule has 0 saturated carbocycles. The fourth-order valence-electron chi connectivity index (χ4n) is 2.46. The van der Waals surface area contributed by atoms with Crippen LogP contribution in [0.25, 0.3) is 0 Å². The Labute approximate surface area is 152 Å². The lowest BCUT2D eigenvalue weighted by Gasteiger charge is -2.30. The van der Waals surface area contributed by atoms with Gasteiger partial charge in [-0.25, -0.2) is 8.42 Å². The summed E-state index contributed by atoms with van der Waals surface area (Å²) in [5.41, 5.74) is 1.29. The van der Waals surface area contributed by atoms with Crippen LogP contribution in [-0.4, -0.2) is 31.6 Å². The van der Waals surface area contributed by atoms with Gasteiger partial charge in [0.15, 0.2) is 0 Å². The molecule has 1 aromatic heterocycles. The highest BCUT2D eigenvalue weighted by Gasteiger charge is 2.31. The van der Waals surface area contributed by atoms with Gasteiger partial charge in [0.05, 0.1) is 11.9 Å². The van der Waals surface area contributed by atoms with Crippen LogP contribution in [0.5, 0.6) is 0 Å². The molecule has 0 aliphatic rings. The van der Waals surface area contributed by atoms with E-state index in [1.54, 1.807) is 55.7 Å². The number of sulfonamides is 1. The number of nitrogens with one attached hydrogen (secondary N) is 1. The Kier molecular flexibility index (Phi) is 6.39. The first kappa shape index (κ1) is 19.2. The van der Waals surface area contributed by atoms with E-state index in [2.05, 4.69) is 10.3 Å². The second-order valence-electron chi connectivity index (χ2n) is 5.53. The number of benzene rings is 1. The summed E-state index contributed by atoms with van der Waals surface area (Å²) in [6.45, 7) is 2.07. The lowest BCUT2D eigenvalue weighted by molar-refractivity contribution is -0.122. The third-order valence-electron chi connectivity index (χ3n) is 3.63. The van der Waals surface area contributed by atoms with E-state index >= 15 is 0 Å². The number of amides is 1. The SMILES string of the molecule is CCC(C(=O)NCc1ccncc1)N(c1ccc(Cl)cc1)S(C)(=O)=O. The minimum atomic E-state index is -3.65. The number of rotatable bonds is 7. The molecule has 1 amide bonds. The van der Waals surface area contributed by atoms with E-state index in [9.17, 15) is 13.2 Å². The number of aromatic nitrogens is 1. The number of carbonyl (C=O) groups is 1. The third-order valence-corrected chi connectivity index (χ3v) is 5.06. The zero-order valence-corrected chi connectivity index (χ0v) is 15.6. The maximum atomic E-state index is 12.6. The molecule has 0 bridgehead atoms. The van der Waals surface area contributed by atoms with Crippen LogP contribution in [0.3, 0.4) is 0 Å². The monoisotopic (exact) mass is 381 g/mol. The average molecular weight is 382 g/mol. The van der Waals surface area contributed by atoms with Gasteiger partial charge >= 0.3 is 0 Å². The molecule has 1 aromatic carbocycles. The summed E-state index contributed by atoms with van der Waals surface area (Å²) in [6.07, 6.45) is 4.68. The number of hydrogen-bond donors (Lipinski definition) is 1. The molecule has 0 aliphatic heterocycles. The second kappa shape index (κ2) is 8.31. The fraction of sp³-hybridized carbons (Fsp3) is 0.294. The molecule has 0 fully saturated rings. The van der Waals surface area contributed by atoms with Gasteiger partial charge in [-0.2, -0.15) is 0 Å². The number of anilines is 1. The van der Waals surface area contributed by atoms with Crippen LogP contribution in [0.2, 0.25) is 5.02 Å². The quantitative estimate of drug-likeness (QED) is 0.799. The van der Waals surface area contributed by atoms with Crippen LogP contribution in [0.4, 0.5) is 5.69 Å². The molecule has 1 heterocycles. The van der Waals surface area contributed by atoms with Crippen LogP contribution in [0.1, 0.15) is 18.9 Å². The summed E-state index contributed by atoms with van der Waals surface area (Å²) in [6, 6.07) is 9.08. The van der Waals surface area contributed by atoms with Crippen molar-refractivity contribution in [3.05, 3.63) is 59.4 Å². The lowest BCUT2D eigenvalue weighted by Crippen LogP contribution is -2.49. The summed E-state index contributed by atoms with van der Waals surface area (Å²) in [5, 5.41) is 3.28. The van der Waals surface area contributed by atoms with Gasteiger partial charge in [-0.1, -0.05) is 18.5 Å². The Morgan fingerprint density at radius 3 is 2.32 bits per heavy atom. The van der Waals surface area contributed by atoms with Gasteiger partial charge in [-0.3, -0.25) is 14.1 Å². The Hall–Kier alpha value is -2.12. The predicted molar refractivity (Wildman–Crippen MR) is 98.9 cm³/mol. The third kappa shape index (κ3) is 5.17. The van der Waals surface area contributed by atoms with Gasteiger partial charge in [0, 0.05) is 24.0 Å². The number of nitrogens with zero attached hydrogens (tertiary/aromatic N) is 2. The van der Waals surface area contributed by atoms with Crippen LogP contribution >= 0.6 is 11.6 Å². The molecule has 2 rings (SSSR count). The topological polar surface area (TPSA) is 79.4 Å². The molecule has 1 atom stereocenters. The Balaban J connectivity index is 2.23. The highest BCUT2D eigenvalue weighted by atomic mass is 35.5. The number of hydrogen-bond acceptors (Lipinski definition) is 4. The second-order valence-corrected chi connectivity index (χ2v) is 7.83. The van der Waals surface area contributed by atoms with Crippen LogP contribution < -0.4 is 9.62 Å². The van der Waals surface area contributed by atoms with Crippen LogP contribution in [0.15, 0.2) is 48.8 Å². The molecule has 1 N–H and O–H groups in total. The molecule has 0 saturated heterocycles.